The zero-order valence-electron chi connectivity index (χ0n) is 16.8. The number of para-hydroxylation sites is 1. The van der Waals surface area contributed by atoms with Crippen molar-refractivity contribution < 1.29 is 24.5 Å². The van der Waals surface area contributed by atoms with Gasteiger partial charge < -0.3 is 15.3 Å². The summed E-state index contributed by atoms with van der Waals surface area (Å²) in [5.74, 6) is -1.21. The Labute approximate surface area is 177 Å². The number of carboxylic acids is 1. The van der Waals surface area contributed by atoms with E-state index in [1.807, 2.05) is 30.3 Å². The van der Waals surface area contributed by atoms with E-state index in [4.69, 9.17) is 10.1 Å². The summed E-state index contributed by atoms with van der Waals surface area (Å²) in [5.41, 5.74) is 2.33. The molecule has 0 saturated heterocycles. The number of halogens is 1. The second-order valence-corrected chi connectivity index (χ2v) is 8.37. The van der Waals surface area contributed by atoms with Gasteiger partial charge in [-0.2, -0.15) is 0 Å². The number of hydrogen-bond acceptors (Lipinski definition) is 4. The minimum absolute atomic E-state index is 0.150. The monoisotopic (exact) mass is 419 g/mol. The summed E-state index contributed by atoms with van der Waals surface area (Å²) < 4.78 is 14.2. The molecule has 0 spiro atoms. The number of pyridine rings is 1. The Morgan fingerprint density at radius 2 is 1.81 bits per heavy atom. The van der Waals surface area contributed by atoms with Gasteiger partial charge in [0.2, 0.25) is 0 Å². The molecule has 1 aliphatic carbocycles. The van der Waals surface area contributed by atoms with E-state index < -0.39 is 30.4 Å². The molecule has 0 bridgehead atoms. The highest BCUT2D eigenvalue weighted by molar-refractivity contribution is 6.20. The lowest BCUT2D eigenvalue weighted by atomic mass is 9.89. The average Bonchev–Trinajstić information content (AvgIpc) is 3.56. The van der Waals surface area contributed by atoms with E-state index in [0.717, 1.165) is 45.6 Å². The van der Waals surface area contributed by atoms with Gasteiger partial charge in [-0.3, -0.25) is 9.78 Å². The molecule has 1 aromatic heterocycles. The van der Waals surface area contributed by atoms with Gasteiger partial charge in [0.1, 0.15) is 5.82 Å². The molecule has 0 aliphatic heterocycles. The maximum Gasteiger partial charge on any atom is 0.305 e. The molecule has 6 heteroatoms. The second kappa shape index (κ2) is 7.55. The van der Waals surface area contributed by atoms with Crippen LogP contribution in [0.25, 0.3) is 32.4 Å². The Bertz CT molecular complexity index is 1330. The Kier molecular flexibility index (Phi) is 4.84. The minimum Gasteiger partial charge on any atom is -0.481 e. The van der Waals surface area contributed by atoms with Crippen molar-refractivity contribution in [3.63, 3.8) is 0 Å². The fraction of sp³-hybridized carbons (Fsp3) is 0.280. The van der Waals surface area contributed by atoms with Crippen molar-refractivity contribution in [2.24, 2.45) is 0 Å². The van der Waals surface area contributed by atoms with E-state index in [2.05, 4.69) is 0 Å². The summed E-state index contributed by atoms with van der Waals surface area (Å²) in [6, 6.07) is 14.2. The molecule has 0 amide bonds. The van der Waals surface area contributed by atoms with Gasteiger partial charge in [0.15, 0.2) is 0 Å². The maximum absolute atomic E-state index is 14.2. The third-order valence-corrected chi connectivity index (χ3v) is 6.05. The van der Waals surface area contributed by atoms with Crippen molar-refractivity contribution in [3.8, 4) is 0 Å². The van der Waals surface area contributed by atoms with Gasteiger partial charge in [0.25, 0.3) is 0 Å². The topological polar surface area (TPSA) is 90.7 Å². The number of aliphatic hydroxyl groups is 2. The first-order chi connectivity index (χ1) is 14.9. The fourth-order valence-corrected chi connectivity index (χ4v) is 4.50. The van der Waals surface area contributed by atoms with Crippen molar-refractivity contribution in [1.29, 1.82) is 0 Å². The SMILES string of the molecule is O=C(O)C[C@H](O)C[C@H](O)c1cc2c(C3CC3)nc3ccccc3c2c2ccc(F)cc12. The predicted molar refractivity (Wildman–Crippen MR) is 117 cm³/mol. The quantitative estimate of drug-likeness (QED) is 0.390. The van der Waals surface area contributed by atoms with Crippen LogP contribution in [0.1, 0.15) is 49.0 Å². The van der Waals surface area contributed by atoms with Crippen LogP contribution in [0.3, 0.4) is 0 Å². The van der Waals surface area contributed by atoms with Crippen molar-refractivity contribution >= 4 is 38.4 Å². The summed E-state index contributed by atoms with van der Waals surface area (Å²) in [4.78, 5) is 15.8. The molecule has 5 nitrogen and oxygen atoms in total. The van der Waals surface area contributed by atoms with Crippen LogP contribution in [0.2, 0.25) is 0 Å². The van der Waals surface area contributed by atoms with Crippen LogP contribution in [0.4, 0.5) is 4.39 Å². The van der Waals surface area contributed by atoms with E-state index in [1.165, 1.54) is 12.1 Å². The van der Waals surface area contributed by atoms with Gasteiger partial charge in [0.05, 0.1) is 29.8 Å². The molecule has 1 saturated carbocycles. The van der Waals surface area contributed by atoms with E-state index in [0.29, 0.717) is 16.9 Å². The van der Waals surface area contributed by atoms with Crippen molar-refractivity contribution in [3.05, 3.63) is 65.6 Å². The van der Waals surface area contributed by atoms with Crippen LogP contribution >= 0.6 is 0 Å². The van der Waals surface area contributed by atoms with Crippen molar-refractivity contribution in [2.45, 2.75) is 43.8 Å². The van der Waals surface area contributed by atoms with Crippen LogP contribution < -0.4 is 0 Å². The van der Waals surface area contributed by atoms with Gasteiger partial charge in [-0.05, 0) is 53.4 Å². The van der Waals surface area contributed by atoms with E-state index in [9.17, 15) is 19.4 Å². The maximum atomic E-state index is 14.2. The highest BCUT2D eigenvalue weighted by atomic mass is 19.1. The van der Waals surface area contributed by atoms with Crippen LogP contribution in [-0.2, 0) is 4.79 Å². The van der Waals surface area contributed by atoms with Gasteiger partial charge in [-0.15, -0.1) is 0 Å². The number of fused-ring (bicyclic) bond motifs is 5. The number of aliphatic carboxylic acids is 1. The zero-order chi connectivity index (χ0) is 21.7. The van der Waals surface area contributed by atoms with Crippen LogP contribution in [-0.4, -0.2) is 32.4 Å². The van der Waals surface area contributed by atoms with Gasteiger partial charge >= 0.3 is 5.97 Å². The molecular formula is C25H22FNO4. The standard InChI is InChI=1S/C25H22FNO4/c26-14-7-8-16-18(9-14)19(22(29)10-15(28)11-23(30)31)12-20-24(16)17-3-1-2-4-21(17)27-25(20)13-5-6-13/h1-4,7-9,12-13,15,22,28-29H,5-6,10-11H2,(H,30,31)/t15-,22+/m1/s1. The molecular weight excluding hydrogens is 397 g/mol. The lowest BCUT2D eigenvalue weighted by Gasteiger charge is -2.20. The first-order valence-corrected chi connectivity index (χ1v) is 10.4. The molecule has 0 unspecified atom stereocenters. The number of carbonyl (C=O) groups is 1. The second-order valence-electron chi connectivity index (χ2n) is 8.37. The van der Waals surface area contributed by atoms with E-state index in [1.54, 1.807) is 6.07 Å². The molecule has 3 aromatic carbocycles. The number of carboxylic acid groups (broad SMARTS) is 1. The summed E-state index contributed by atoms with van der Waals surface area (Å²) in [6.45, 7) is 0. The van der Waals surface area contributed by atoms with Crippen molar-refractivity contribution in [2.75, 3.05) is 0 Å². The van der Waals surface area contributed by atoms with Gasteiger partial charge in [-0.25, -0.2) is 4.39 Å². The first-order valence-electron chi connectivity index (χ1n) is 10.4. The largest absolute Gasteiger partial charge is 0.481 e. The molecule has 5 rings (SSSR count). The van der Waals surface area contributed by atoms with Crippen molar-refractivity contribution in [1.82, 2.24) is 4.98 Å². The Morgan fingerprint density at radius 1 is 1.03 bits per heavy atom. The zero-order valence-corrected chi connectivity index (χ0v) is 16.8. The van der Waals surface area contributed by atoms with Gasteiger partial charge in [0, 0.05) is 28.5 Å². The number of nitrogens with zero attached hydrogens (tertiary/aromatic N) is 1. The summed E-state index contributed by atoms with van der Waals surface area (Å²) in [6.07, 6.45) is -0.848. The minimum atomic E-state index is -1.20. The molecule has 1 aliphatic rings. The number of hydrogen-bond donors (Lipinski definition) is 3. The first kappa shape index (κ1) is 19.8. The smallest absolute Gasteiger partial charge is 0.305 e. The molecule has 1 heterocycles. The van der Waals surface area contributed by atoms with E-state index >= 15 is 0 Å². The summed E-state index contributed by atoms with van der Waals surface area (Å²) >= 11 is 0. The fourth-order valence-electron chi connectivity index (χ4n) is 4.50. The molecule has 1 fully saturated rings. The van der Waals surface area contributed by atoms with E-state index in [-0.39, 0.29) is 6.42 Å². The highest BCUT2D eigenvalue weighted by Gasteiger charge is 2.29. The van der Waals surface area contributed by atoms with Crippen LogP contribution in [0.5, 0.6) is 0 Å². The normalized spacial score (nSPS) is 16.1. The molecule has 158 valence electrons. The highest BCUT2D eigenvalue weighted by Crippen LogP contribution is 2.46. The summed E-state index contributed by atoms with van der Waals surface area (Å²) in [7, 11) is 0. The molecule has 0 radical (unpaired) electrons. The van der Waals surface area contributed by atoms with Crippen LogP contribution in [0, 0.1) is 5.82 Å². The summed E-state index contributed by atoms with van der Waals surface area (Å²) in [5, 5.41) is 34.1. The molecule has 4 aromatic rings. The predicted octanol–water partition coefficient (Wildman–Crippen LogP) is 4.82. The Morgan fingerprint density at radius 3 is 2.55 bits per heavy atom. The average molecular weight is 419 g/mol. The third kappa shape index (κ3) is 3.62. The molecule has 2 atom stereocenters. The molecule has 3 N–H and O–H groups in total. The lowest BCUT2D eigenvalue weighted by Crippen LogP contribution is -2.16. The third-order valence-electron chi connectivity index (χ3n) is 6.05. The Balaban J connectivity index is 1.79. The number of aliphatic hydroxyl groups excluding tert-OH is 2. The van der Waals surface area contributed by atoms with Gasteiger partial charge in [-0.1, -0.05) is 24.3 Å². The number of aromatic nitrogens is 1. The van der Waals surface area contributed by atoms with Crippen LogP contribution in [0.15, 0.2) is 48.5 Å². The number of benzene rings is 3. The lowest BCUT2D eigenvalue weighted by molar-refractivity contribution is -0.139. The Hall–Kier alpha value is -3.09. The number of rotatable bonds is 6. The molecule has 31 heavy (non-hydrogen) atoms.